The molecule has 0 saturated carbocycles. The number of carbonyl (C=O) groups excluding carboxylic acids is 2. The van der Waals surface area contributed by atoms with Crippen LogP contribution in [0.5, 0.6) is 0 Å². The van der Waals surface area contributed by atoms with Crippen LogP contribution < -0.4 is 14.9 Å². The Kier molecular flexibility index (Phi) is 6.43. The molecule has 176 valence electrons. The molecule has 0 aliphatic carbocycles. The average molecular weight is 478 g/mol. The number of hydrogen-bond donors (Lipinski definition) is 2. The Labute approximate surface area is 199 Å². The molecule has 0 radical (unpaired) electrons. The van der Waals surface area contributed by atoms with E-state index in [2.05, 4.69) is 10.0 Å². The molecule has 3 aromatic carbocycles. The Morgan fingerprint density at radius 1 is 0.912 bits per heavy atom. The van der Waals surface area contributed by atoms with Gasteiger partial charge in [0.05, 0.1) is 10.6 Å². The normalized spacial score (nSPS) is 13.7. The van der Waals surface area contributed by atoms with E-state index in [1.165, 1.54) is 6.07 Å². The predicted octanol–water partition coefficient (Wildman–Crippen LogP) is 4.79. The first-order chi connectivity index (χ1) is 16.1. The summed E-state index contributed by atoms with van der Waals surface area (Å²) in [5.41, 5.74) is 4.36. The van der Waals surface area contributed by atoms with Gasteiger partial charge >= 0.3 is 0 Å². The van der Waals surface area contributed by atoms with E-state index in [1.807, 2.05) is 26.0 Å². The number of hydrogen-bond acceptors (Lipinski definition) is 4. The van der Waals surface area contributed by atoms with Crippen molar-refractivity contribution < 1.29 is 18.0 Å². The molecule has 2 amide bonds. The predicted molar refractivity (Wildman–Crippen MR) is 134 cm³/mol. The van der Waals surface area contributed by atoms with Crippen molar-refractivity contribution in [3.8, 4) is 0 Å². The maximum absolute atomic E-state index is 13.1. The number of benzene rings is 3. The second-order valence-corrected chi connectivity index (χ2v) is 10.2. The summed E-state index contributed by atoms with van der Waals surface area (Å²) in [6.07, 6.45) is 1.39. The third-order valence-electron chi connectivity index (χ3n) is 5.89. The maximum Gasteiger partial charge on any atom is 0.262 e. The average Bonchev–Trinajstić information content (AvgIpc) is 3.22. The second kappa shape index (κ2) is 9.30. The van der Waals surface area contributed by atoms with Gasteiger partial charge in [0.15, 0.2) is 0 Å². The van der Waals surface area contributed by atoms with E-state index in [4.69, 9.17) is 0 Å². The van der Waals surface area contributed by atoms with Crippen LogP contribution >= 0.6 is 0 Å². The van der Waals surface area contributed by atoms with Gasteiger partial charge in [0.25, 0.3) is 15.9 Å². The zero-order valence-corrected chi connectivity index (χ0v) is 20.2. The number of rotatable bonds is 6. The lowest BCUT2D eigenvalue weighted by Gasteiger charge is -2.16. The van der Waals surface area contributed by atoms with Gasteiger partial charge in [-0.25, -0.2) is 8.42 Å². The lowest BCUT2D eigenvalue weighted by atomic mass is 10.1. The summed E-state index contributed by atoms with van der Waals surface area (Å²) in [7, 11) is -3.90. The van der Waals surface area contributed by atoms with E-state index in [0.29, 0.717) is 29.9 Å². The molecule has 1 aliphatic rings. The van der Waals surface area contributed by atoms with E-state index >= 15 is 0 Å². The van der Waals surface area contributed by atoms with Gasteiger partial charge in [-0.15, -0.1) is 0 Å². The molecule has 0 atom stereocenters. The van der Waals surface area contributed by atoms with Crippen molar-refractivity contribution in [3.63, 3.8) is 0 Å². The largest absolute Gasteiger partial charge is 0.322 e. The van der Waals surface area contributed by atoms with Crippen molar-refractivity contribution in [1.29, 1.82) is 0 Å². The van der Waals surface area contributed by atoms with Crippen LogP contribution in [0.3, 0.4) is 0 Å². The highest BCUT2D eigenvalue weighted by molar-refractivity contribution is 7.92. The monoisotopic (exact) mass is 477 g/mol. The second-order valence-electron chi connectivity index (χ2n) is 8.55. The Bertz CT molecular complexity index is 1370. The lowest BCUT2D eigenvalue weighted by Crippen LogP contribution is -2.23. The number of amides is 2. The summed E-state index contributed by atoms with van der Waals surface area (Å²) in [4.78, 5) is 26.6. The number of sulfonamides is 1. The molecular formula is C26H27N3O4S. The molecule has 1 aliphatic heterocycles. The molecule has 3 aromatic rings. The zero-order chi connectivity index (χ0) is 24.5. The topological polar surface area (TPSA) is 95.6 Å². The number of anilines is 3. The van der Waals surface area contributed by atoms with Crippen LogP contribution in [0.15, 0.2) is 65.6 Å². The molecular weight excluding hydrogens is 450 g/mol. The fourth-order valence-corrected chi connectivity index (χ4v) is 5.32. The van der Waals surface area contributed by atoms with E-state index in [9.17, 15) is 18.0 Å². The van der Waals surface area contributed by atoms with E-state index < -0.39 is 15.9 Å². The molecule has 1 saturated heterocycles. The molecule has 8 heteroatoms. The van der Waals surface area contributed by atoms with Crippen LogP contribution in [0.4, 0.5) is 17.1 Å². The molecule has 1 heterocycles. The van der Waals surface area contributed by atoms with E-state index in [1.54, 1.807) is 54.3 Å². The van der Waals surface area contributed by atoms with E-state index in [0.717, 1.165) is 23.2 Å². The summed E-state index contributed by atoms with van der Waals surface area (Å²) in [5, 5.41) is 2.79. The molecule has 1 fully saturated rings. The minimum absolute atomic E-state index is 0.0453. The van der Waals surface area contributed by atoms with Crippen molar-refractivity contribution in [3.05, 3.63) is 82.9 Å². The van der Waals surface area contributed by atoms with Gasteiger partial charge in [-0.05, 0) is 86.3 Å². The molecule has 0 unspecified atom stereocenters. The zero-order valence-electron chi connectivity index (χ0n) is 19.4. The highest BCUT2D eigenvalue weighted by atomic mass is 32.2. The maximum atomic E-state index is 13.1. The standard InChI is InChI=1S/C26H27N3O4S/c1-17-6-7-18(2)23(15-17)28-34(32,33)24-16-20(9-8-19(24)3)26(31)27-21-10-12-22(13-11-21)29-14-4-5-25(29)30/h6-13,15-16,28H,4-5,14H2,1-3H3,(H,27,31). The minimum atomic E-state index is -3.90. The molecule has 0 bridgehead atoms. The highest BCUT2D eigenvalue weighted by Crippen LogP contribution is 2.26. The molecule has 0 spiro atoms. The smallest absolute Gasteiger partial charge is 0.262 e. The fraction of sp³-hybridized carbons (Fsp3) is 0.231. The van der Waals surface area contributed by atoms with Crippen LogP contribution in [0.25, 0.3) is 0 Å². The van der Waals surface area contributed by atoms with Gasteiger partial charge in [0.1, 0.15) is 0 Å². The van der Waals surface area contributed by atoms with Crippen molar-refractivity contribution in [1.82, 2.24) is 0 Å². The van der Waals surface area contributed by atoms with Crippen molar-refractivity contribution in [2.45, 2.75) is 38.5 Å². The van der Waals surface area contributed by atoms with Gasteiger partial charge < -0.3 is 10.2 Å². The van der Waals surface area contributed by atoms with Crippen LogP contribution in [-0.4, -0.2) is 26.8 Å². The van der Waals surface area contributed by atoms with Crippen LogP contribution in [0, 0.1) is 20.8 Å². The Morgan fingerprint density at radius 2 is 1.62 bits per heavy atom. The molecule has 2 N–H and O–H groups in total. The van der Waals surface area contributed by atoms with Gasteiger partial charge in [0, 0.05) is 29.9 Å². The third kappa shape index (κ3) is 4.97. The van der Waals surface area contributed by atoms with Gasteiger partial charge in [0.2, 0.25) is 5.91 Å². The third-order valence-corrected chi connectivity index (χ3v) is 7.40. The number of aryl methyl sites for hydroxylation is 3. The number of nitrogens with zero attached hydrogens (tertiary/aromatic N) is 1. The quantitative estimate of drug-likeness (QED) is 0.534. The number of nitrogens with one attached hydrogen (secondary N) is 2. The molecule has 0 aromatic heterocycles. The first-order valence-electron chi connectivity index (χ1n) is 11.1. The Balaban J connectivity index is 1.53. The summed E-state index contributed by atoms with van der Waals surface area (Å²) >= 11 is 0. The number of carbonyl (C=O) groups is 2. The van der Waals surface area contributed by atoms with Gasteiger partial charge in [-0.2, -0.15) is 0 Å². The molecule has 4 rings (SSSR count). The fourth-order valence-electron chi connectivity index (χ4n) is 3.93. The lowest BCUT2D eigenvalue weighted by molar-refractivity contribution is -0.117. The summed E-state index contributed by atoms with van der Waals surface area (Å²) in [5.74, 6) is -0.326. The Morgan fingerprint density at radius 3 is 2.29 bits per heavy atom. The van der Waals surface area contributed by atoms with Crippen molar-refractivity contribution >= 4 is 38.9 Å². The summed E-state index contributed by atoms with van der Waals surface area (Å²) in [6.45, 7) is 6.11. The van der Waals surface area contributed by atoms with Crippen molar-refractivity contribution in [2.24, 2.45) is 0 Å². The van der Waals surface area contributed by atoms with Gasteiger partial charge in [-0.3, -0.25) is 14.3 Å². The van der Waals surface area contributed by atoms with Crippen LogP contribution in [-0.2, 0) is 14.8 Å². The first-order valence-corrected chi connectivity index (χ1v) is 12.5. The summed E-state index contributed by atoms with van der Waals surface area (Å²) < 4.78 is 28.9. The van der Waals surface area contributed by atoms with Gasteiger partial charge in [-0.1, -0.05) is 18.2 Å². The molecule has 34 heavy (non-hydrogen) atoms. The minimum Gasteiger partial charge on any atom is -0.322 e. The SMILES string of the molecule is Cc1ccc(C)c(NS(=O)(=O)c2cc(C(=O)Nc3ccc(N4CCCC4=O)cc3)ccc2C)c1. The van der Waals surface area contributed by atoms with Crippen LogP contribution in [0.2, 0.25) is 0 Å². The molecule has 7 nitrogen and oxygen atoms in total. The Hall–Kier alpha value is -3.65. The highest BCUT2D eigenvalue weighted by Gasteiger charge is 2.22. The van der Waals surface area contributed by atoms with Crippen molar-refractivity contribution in [2.75, 3.05) is 21.5 Å². The van der Waals surface area contributed by atoms with Crippen LogP contribution in [0.1, 0.15) is 39.9 Å². The summed E-state index contributed by atoms with van der Waals surface area (Å²) in [6, 6.07) is 17.2. The van der Waals surface area contributed by atoms with E-state index in [-0.39, 0.29) is 16.4 Å². The first kappa shape index (κ1) is 23.5.